The average molecular weight is 356 g/mol. The zero-order chi connectivity index (χ0) is 19.0. The molecule has 0 radical (unpaired) electrons. The van der Waals surface area contributed by atoms with E-state index >= 15 is 0 Å². The summed E-state index contributed by atoms with van der Waals surface area (Å²) in [6.07, 6.45) is 3.67. The van der Waals surface area contributed by atoms with E-state index in [0.29, 0.717) is 45.2 Å². The topological polar surface area (TPSA) is 139 Å². The van der Waals surface area contributed by atoms with Gasteiger partial charge in [0, 0.05) is 6.54 Å². The quantitative estimate of drug-likeness (QED) is 0.408. The molecule has 4 unspecified atom stereocenters. The molecule has 1 rings (SSSR count). The summed E-state index contributed by atoms with van der Waals surface area (Å²) in [6.45, 7) is 4.83. The van der Waals surface area contributed by atoms with Crippen molar-refractivity contribution in [3.05, 3.63) is 0 Å². The number of nitrogens with two attached hydrogens (primary N) is 2. The maximum absolute atomic E-state index is 12.6. The molecular formula is C17H32N4O4. The molecular weight excluding hydrogens is 324 g/mol. The number of likely N-dealkylation sites (tertiary alicyclic amines) is 1. The third-order valence-electron chi connectivity index (χ3n) is 4.94. The van der Waals surface area contributed by atoms with Crippen LogP contribution in [0.4, 0.5) is 0 Å². The van der Waals surface area contributed by atoms with Gasteiger partial charge in [-0.25, -0.2) is 4.79 Å². The molecule has 6 N–H and O–H groups in total. The molecule has 25 heavy (non-hydrogen) atoms. The number of rotatable bonds is 10. The summed E-state index contributed by atoms with van der Waals surface area (Å²) in [5.74, 6) is -1.69. The highest BCUT2D eigenvalue weighted by molar-refractivity contribution is 5.92. The summed E-state index contributed by atoms with van der Waals surface area (Å²) in [4.78, 5) is 38.0. The average Bonchev–Trinajstić information content (AvgIpc) is 3.08. The Bertz CT molecular complexity index is 472. The number of amides is 2. The summed E-state index contributed by atoms with van der Waals surface area (Å²) in [7, 11) is 0. The van der Waals surface area contributed by atoms with Crippen LogP contribution in [0.5, 0.6) is 0 Å². The van der Waals surface area contributed by atoms with Gasteiger partial charge in [-0.3, -0.25) is 9.59 Å². The van der Waals surface area contributed by atoms with Crippen molar-refractivity contribution in [2.45, 2.75) is 70.5 Å². The minimum atomic E-state index is -1.07. The molecule has 2 amide bonds. The summed E-state index contributed by atoms with van der Waals surface area (Å²) >= 11 is 0. The van der Waals surface area contributed by atoms with Crippen molar-refractivity contribution in [1.82, 2.24) is 10.2 Å². The second kappa shape index (κ2) is 10.4. The lowest BCUT2D eigenvalue weighted by Crippen LogP contribution is -2.55. The first-order valence-electron chi connectivity index (χ1n) is 9.12. The Morgan fingerprint density at radius 1 is 1.32 bits per heavy atom. The number of unbranched alkanes of at least 4 members (excludes halogenated alkanes) is 1. The number of nitrogens with one attached hydrogen (secondary N) is 1. The van der Waals surface area contributed by atoms with Gasteiger partial charge in [-0.15, -0.1) is 0 Å². The van der Waals surface area contributed by atoms with Crippen LogP contribution in [-0.4, -0.2) is 59.0 Å². The SMILES string of the molecule is CCC(C)C(N)C(=O)N1CCCC1C(=O)NC(CCCCN)C(=O)O. The maximum atomic E-state index is 12.6. The van der Waals surface area contributed by atoms with E-state index in [0.717, 1.165) is 6.42 Å². The van der Waals surface area contributed by atoms with E-state index in [1.54, 1.807) is 0 Å². The van der Waals surface area contributed by atoms with Crippen LogP contribution in [0.15, 0.2) is 0 Å². The smallest absolute Gasteiger partial charge is 0.326 e. The first kappa shape index (κ1) is 21.4. The van der Waals surface area contributed by atoms with Gasteiger partial charge in [-0.05, 0) is 44.6 Å². The van der Waals surface area contributed by atoms with Crippen LogP contribution in [0.25, 0.3) is 0 Å². The predicted octanol–water partition coefficient (Wildman–Crippen LogP) is 0.0492. The Balaban J connectivity index is 2.71. The molecule has 8 nitrogen and oxygen atoms in total. The Kier molecular flexibility index (Phi) is 8.85. The molecule has 144 valence electrons. The maximum Gasteiger partial charge on any atom is 0.326 e. The van der Waals surface area contributed by atoms with Gasteiger partial charge < -0.3 is 26.8 Å². The zero-order valence-corrected chi connectivity index (χ0v) is 15.2. The normalized spacial score (nSPS) is 20.8. The molecule has 1 aliphatic heterocycles. The van der Waals surface area contributed by atoms with Crippen LogP contribution in [0.2, 0.25) is 0 Å². The van der Waals surface area contributed by atoms with E-state index in [-0.39, 0.29) is 11.8 Å². The van der Waals surface area contributed by atoms with Crippen molar-refractivity contribution in [2.24, 2.45) is 17.4 Å². The van der Waals surface area contributed by atoms with E-state index in [4.69, 9.17) is 11.5 Å². The molecule has 0 aliphatic carbocycles. The Labute approximate surface area is 149 Å². The van der Waals surface area contributed by atoms with Crippen LogP contribution < -0.4 is 16.8 Å². The van der Waals surface area contributed by atoms with Crippen LogP contribution in [-0.2, 0) is 14.4 Å². The number of hydrogen-bond acceptors (Lipinski definition) is 5. The van der Waals surface area contributed by atoms with E-state index in [1.165, 1.54) is 4.90 Å². The number of nitrogens with zero attached hydrogens (tertiary/aromatic N) is 1. The van der Waals surface area contributed by atoms with Gasteiger partial charge in [0.05, 0.1) is 6.04 Å². The van der Waals surface area contributed by atoms with Crippen molar-refractivity contribution in [1.29, 1.82) is 0 Å². The van der Waals surface area contributed by atoms with Crippen LogP contribution in [0.1, 0.15) is 52.4 Å². The van der Waals surface area contributed by atoms with Crippen molar-refractivity contribution in [2.75, 3.05) is 13.1 Å². The van der Waals surface area contributed by atoms with Gasteiger partial charge in [0.15, 0.2) is 0 Å². The van der Waals surface area contributed by atoms with Gasteiger partial charge in [0.25, 0.3) is 0 Å². The lowest BCUT2D eigenvalue weighted by Gasteiger charge is -2.29. The molecule has 4 atom stereocenters. The van der Waals surface area contributed by atoms with Gasteiger partial charge in [-0.2, -0.15) is 0 Å². The second-order valence-electron chi connectivity index (χ2n) is 6.78. The standard InChI is InChI=1S/C17H32N4O4/c1-3-11(2)14(19)16(23)21-10-6-8-13(21)15(22)20-12(17(24)25)7-4-5-9-18/h11-14H,3-10,18-19H2,1-2H3,(H,20,22)(H,24,25). The Morgan fingerprint density at radius 2 is 2.00 bits per heavy atom. The van der Waals surface area contributed by atoms with Gasteiger partial charge in [0.1, 0.15) is 12.1 Å². The largest absolute Gasteiger partial charge is 0.480 e. The molecule has 0 aromatic rings. The highest BCUT2D eigenvalue weighted by atomic mass is 16.4. The molecule has 0 spiro atoms. The molecule has 0 aromatic heterocycles. The number of carbonyl (C=O) groups excluding carboxylic acids is 2. The lowest BCUT2D eigenvalue weighted by atomic mass is 9.98. The van der Waals surface area contributed by atoms with Gasteiger partial charge in [-0.1, -0.05) is 20.3 Å². The van der Waals surface area contributed by atoms with Crippen LogP contribution >= 0.6 is 0 Å². The molecule has 0 aromatic carbocycles. The fraction of sp³-hybridized carbons (Fsp3) is 0.824. The van der Waals surface area contributed by atoms with E-state index in [2.05, 4.69) is 5.32 Å². The van der Waals surface area contributed by atoms with E-state index < -0.39 is 30.0 Å². The molecule has 8 heteroatoms. The molecule has 1 aliphatic rings. The predicted molar refractivity (Wildman–Crippen MR) is 94.6 cm³/mol. The lowest BCUT2D eigenvalue weighted by molar-refractivity contribution is -0.144. The van der Waals surface area contributed by atoms with Crippen LogP contribution in [0.3, 0.4) is 0 Å². The fourth-order valence-electron chi connectivity index (χ4n) is 3.01. The van der Waals surface area contributed by atoms with Crippen molar-refractivity contribution < 1.29 is 19.5 Å². The number of carbonyl (C=O) groups is 3. The molecule has 0 saturated carbocycles. The van der Waals surface area contributed by atoms with Crippen molar-refractivity contribution in [3.8, 4) is 0 Å². The number of hydrogen-bond donors (Lipinski definition) is 4. The zero-order valence-electron chi connectivity index (χ0n) is 15.2. The Morgan fingerprint density at radius 3 is 2.56 bits per heavy atom. The number of carboxylic acid groups (broad SMARTS) is 1. The fourth-order valence-corrected chi connectivity index (χ4v) is 3.01. The summed E-state index contributed by atoms with van der Waals surface area (Å²) in [5.41, 5.74) is 11.4. The Hall–Kier alpha value is -1.67. The van der Waals surface area contributed by atoms with Crippen LogP contribution in [0, 0.1) is 5.92 Å². The minimum absolute atomic E-state index is 0.0276. The third kappa shape index (κ3) is 5.97. The van der Waals surface area contributed by atoms with E-state index in [1.807, 2.05) is 13.8 Å². The molecule has 1 heterocycles. The number of carboxylic acids is 1. The van der Waals surface area contributed by atoms with Gasteiger partial charge in [0.2, 0.25) is 11.8 Å². The summed E-state index contributed by atoms with van der Waals surface area (Å²) in [6, 6.07) is -2.24. The monoisotopic (exact) mass is 356 g/mol. The minimum Gasteiger partial charge on any atom is -0.480 e. The number of aliphatic carboxylic acids is 1. The third-order valence-corrected chi connectivity index (χ3v) is 4.94. The second-order valence-corrected chi connectivity index (χ2v) is 6.78. The van der Waals surface area contributed by atoms with Crippen molar-refractivity contribution in [3.63, 3.8) is 0 Å². The summed E-state index contributed by atoms with van der Waals surface area (Å²) < 4.78 is 0. The van der Waals surface area contributed by atoms with Crippen molar-refractivity contribution >= 4 is 17.8 Å². The first-order chi connectivity index (χ1) is 11.8. The molecule has 1 fully saturated rings. The first-order valence-corrected chi connectivity index (χ1v) is 9.12. The summed E-state index contributed by atoms with van der Waals surface area (Å²) in [5, 5.41) is 11.9. The molecule has 1 saturated heterocycles. The highest BCUT2D eigenvalue weighted by Gasteiger charge is 2.38. The van der Waals surface area contributed by atoms with E-state index in [9.17, 15) is 19.5 Å². The molecule has 0 bridgehead atoms. The van der Waals surface area contributed by atoms with Gasteiger partial charge >= 0.3 is 5.97 Å². The highest BCUT2D eigenvalue weighted by Crippen LogP contribution is 2.21.